The second-order valence-electron chi connectivity index (χ2n) is 11.3. The highest BCUT2D eigenvalue weighted by atomic mass is 79.9. The van der Waals surface area contributed by atoms with E-state index < -0.39 is 16.4 Å². The van der Waals surface area contributed by atoms with Crippen molar-refractivity contribution in [3.05, 3.63) is 53.2 Å². The molecule has 1 aliphatic carbocycles. The number of carbonyl (C=O) groups excluding carboxylic acids is 1. The van der Waals surface area contributed by atoms with Crippen LogP contribution in [-0.4, -0.2) is 28.3 Å². The molecule has 3 nitrogen and oxygen atoms in total. The third kappa shape index (κ3) is 6.34. The Labute approximate surface area is 205 Å². The Morgan fingerprint density at radius 2 is 1.88 bits per heavy atom. The number of benzene rings is 1. The molecule has 1 saturated carbocycles. The van der Waals surface area contributed by atoms with Crippen molar-refractivity contribution < 1.29 is 14.0 Å². The van der Waals surface area contributed by atoms with Gasteiger partial charge in [0.1, 0.15) is 11.5 Å². The van der Waals surface area contributed by atoms with Crippen LogP contribution in [0.5, 0.6) is 5.75 Å². The molecular formula is C26H41BrO3Si2. The summed E-state index contributed by atoms with van der Waals surface area (Å²) in [5, 5.41) is 0.0999. The van der Waals surface area contributed by atoms with E-state index in [1.54, 1.807) is 6.26 Å². The fraction of sp³-hybridized carbons (Fsp3) is 0.577. The van der Waals surface area contributed by atoms with E-state index >= 15 is 0 Å². The van der Waals surface area contributed by atoms with Gasteiger partial charge in [-0.3, -0.25) is 4.79 Å². The molecule has 1 fully saturated rings. The molecule has 1 aromatic rings. The molecule has 1 aromatic carbocycles. The van der Waals surface area contributed by atoms with E-state index in [4.69, 9.17) is 9.16 Å². The highest BCUT2D eigenvalue weighted by molar-refractivity contribution is 9.10. The molecule has 0 aromatic heterocycles. The summed E-state index contributed by atoms with van der Waals surface area (Å²) >= 11 is 3.64. The first-order valence-electron chi connectivity index (χ1n) is 11.6. The van der Waals surface area contributed by atoms with Gasteiger partial charge in [0.15, 0.2) is 8.32 Å². The molecule has 0 bridgehead atoms. The Hall–Kier alpha value is -0.956. The predicted molar refractivity (Wildman–Crippen MR) is 145 cm³/mol. The molecule has 0 amide bonds. The summed E-state index contributed by atoms with van der Waals surface area (Å²) in [6, 6.07) is 8.09. The Kier molecular flexibility index (Phi) is 8.99. The topological polar surface area (TPSA) is 35.5 Å². The lowest BCUT2D eigenvalue weighted by atomic mass is 9.88. The number of carbonyl (C=O) groups is 1. The quantitative estimate of drug-likeness (QED) is 0.180. The van der Waals surface area contributed by atoms with E-state index in [1.807, 2.05) is 31.2 Å². The van der Waals surface area contributed by atoms with Gasteiger partial charge in [-0.05, 0) is 59.0 Å². The Morgan fingerprint density at radius 3 is 2.44 bits per heavy atom. The minimum atomic E-state index is -2.02. The van der Waals surface area contributed by atoms with Crippen molar-refractivity contribution in [2.45, 2.75) is 89.5 Å². The number of ether oxygens (including phenoxy) is 1. The predicted octanol–water partition coefficient (Wildman–Crippen LogP) is 8.32. The molecule has 2 rings (SSSR count). The largest absolute Gasteiger partial charge is 0.464 e. The van der Waals surface area contributed by atoms with E-state index in [9.17, 15) is 4.79 Å². The molecule has 0 radical (unpaired) electrons. The van der Waals surface area contributed by atoms with Gasteiger partial charge in [0.2, 0.25) is 0 Å². The second-order valence-corrected chi connectivity index (χ2v) is 22.1. The summed E-state index contributed by atoms with van der Waals surface area (Å²) in [7, 11) is -3.61. The number of hydrogen-bond acceptors (Lipinski definition) is 3. The van der Waals surface area contributed by atoms with Crippen molar-refractivity contribution in [1.82, 2.24) is 0 Å². The Bertz CT molecular complexity index is 855. The molecule has 32 heavy (non-hydrogen) atoms. The summed E-state index contributed by atoms with van der Waals surface area (Å²) in [5.74, 6) is 0.954. The smallest absolute Gasteiger partial charge is 0.192 e. The van der Waals surface area contributed by atoms with Crippen molar-refractivity contribution in [2.75, 3.05) is 0 Å². The number of para-hydroxylation sites is 1. The maximum atomic E-state index is 13.6. The number of halogens is 1. The van der Waals surface area contributed by atoms with Crippen LogP contribution in [0.1, 0.15) is 45.6 Å². The first-order valence-corrected chi connectivity index (χ1v) is 18.7. The van der Waals surface area contributed by atoms with E-state index in [1.165, 1.54) is 0 Å². The SMILES string of the molecule is C=CC[Si](C)(C)CC1C(O[Si](C)(C)C(C)(C)C)CC(=O)C1c1cccc(Br)c1OC=CC. The standard InChI is InChI=1S/C26H41BrO3Si2/c1-10-15-29-25-19(13-12-14-21(25)27)24-20(18-31(6,7)16-11-2)23(17-22(24)28)30-32(8,9)26(3,4)5/h10-15,20,23-24H,2,16-18H2,1,3-9H3. The van der Waals surface area contributed by atoms with Crippen LogP contribution in [0, 0.1) is 5.92 Å². The Balaban J connectivity index is 2.55. The zero-order valence-corrected chi connectivity index (χ0v) is 24.7. The van der Waals surface area contributed by atoms with E-state index in [0.29, 0.717) is 6.42 Å². The average Bonchev–Trinajstić information content (AvgIpc) is 2.93. The van der Waals surface area contributed by atoms with Gasteiger partial charge in [0.25, 0.3) is 0 Å². The molecule has 0 heterocycles. The highest BCUT2D eigenvalue weighted by Crippen LogP contribution is 2.50. The van der Waals surface area contributed by atoms with Gasteiger partial charge in [-0.1, -0.05) is 64.2 Å². The fourth-order valence-electron chi connectivity index (χ4n) is 4.41. The highest BCUT2D eigenvalue weighted by Gasteiger charge is 2.50. The van der Waals surface area contributed by atoms with Gasteiger partial charge in [-0.2, -0.15) is 0 Å². The average molecular weight is 538 g/mol. The maximum Gasteiger partial charge on any atom is 0.192 e. The maximum absolute atomic E-state index is 13.6. The molecule has 0 saturated heterocycles. The molecule has 0 aliphatic heterocycles. The van der Waals surface area contributed by atoms with E-state index in [2.05, 4.69) is 75.5 Å². The third-order valence-electron chi connectivity index (χ3n) is 7.05. The van der Waals surface area contributed by atoms with Gasteiger partial charge in [-0.15, -0.1) is 6.58 Å². The minimum absolute atomic E-state index is 0.0430. The van der Waals surface area contributed by atoms with Crippen molar-refractivity contribution >= 4 is 38.1 Å². The number of Topliss-reactive ketones (excluding diaryl/α,β-unsaturated/α-hetero) is 1. The van der Waals surface area contributed by atoms with Crippen LogP contribution >= 0.6 is 15.9 Å². The number of hydrogen-bond donors (Lipinski definition) is 0. The zero-order valence-electron chi connectivity index (χ0n) is 21.1. The second kappa shape index (κ2) is 10.5. The lowest BCUT2D eigenvalue weighted by Gasteiger charge is -2.41. The minimum Gasteiger partial charge on any atom is -0.464 e. The fourth-order valence-corrected chi connectivity index (χ4v) is 8.98. The van der Waals surface area contributed by atoms with Crippen LogP contribution in [-0.2, 0) is 9.22 Å². The summed E-state index contributed by atoms with van der Waals surface area (Å²) in [5.41, 5.74) is 0.970. The molecular weight excluding hydrogens is 496 g/mol. The van der Waals surface area contributed by atoms with Crippen molar-refractivity contribution in [3.63, 3.8) is 0 Å². The lowest BCUT2D eigenvalue weighted by Crippen LogP contribution is -2.46. The normalized spacial score (nSPS) is 22.5. The third-order valence-corrected chi connectivity index (χ3v) is 15.1. The van der Waals surface area contributed by atoms with Crippen LogP contribution in [0.2, 0.25) is 43.3 Å². The molecule has 0 spiro atoms. The van der Waals surface area contributed by atoms with Crippen LogP contribution in [0.25, 0.3) is 0 Å². The monoisotopic (exact) mass is 536 g/mol. The van der Waals surface area contributed by atoms with Gasteiger partial charge in [-0.25, -0.2) is 0 Å². The van der Waals surface area contributed by atoms with Crippen LogP contribution < -0.4 is 4.74 Å². The first kappa shape index (κ1) is 27.3. The number of ketones is 1. The molecule has 1 aliphatic rings. The van der Waals surface area contributed by atoms with Crippen molar-refractivity contribution in [2.24, 2.45) is 5.92 Å². The van der Waals surface area contributed by atoms with Gasteiger partial charge >= 0.3 is 0 Å². The molecule has 6 heteroatoms. The summed E-state index contributed by atoms with van der Waals surface area (Å²) in [6.07, 6.45) is 6.02. The van der Waals surface area contributed by atoms with Crippen LogP contribution in [0.3, 0.4) is 0 Å². The van der Waals surface area contributed by atoms with Crippen molar-refractivity contribution in [1.29, 1.82) is 0 Å². The van der Waals surface area contributed by atoms with Gasteiger partial charge in [0, 0.05) is 12.0 Å². The molecule has 178 valence electrons. The number of allylic oxidation sites excluding steroid dienone is 2. The summed E-state index contributed by atoms with van der Waals surface area (Å²) in [6.45, 7) is 22.1. The number of rotatable bonds is 9. The van der Waals surface area contributed by atoms with Gasteiger partial charge in [0.05, 0.1) is 30.8 Å². The van der Waals surface area contributed by atoms with Gasteiger partial charge < -0.3 is 9.16 Å². The lowest BCUT2D eigenvalue weighted by molar-refractivity contribution is -0.119. The van der Waals surface area contributed by atoms with Crippen LogP contribution in [0.4, 0.5) is 0 Å². The summed E-state index contributed by atoms with van der Waals surface area (Å²) < 4.78 is 13.8. The molecule has 3 unspecified atom stereocenters. The Morgan fingerprint density at radius 1 is 1.22 bits per heavy atom. The van der Waals surface area contributed by atoms with Crippen molar-refractivity contribution in [3.8, 4) is 5.75 Å². The summed E-state index contributed by atoms with van der Waals surface area (Å²) in [4.78, 5) is 13.6. The molecule has 3 atom stereocenters. The van der Waals surface area contributed by atoms with E-state index in [0.717, 1.165) is 27.9 Å². The van der Waals surface area contributed by atoms with Crippen LogP contribution in [0.15, 0.2) is 47.7 Å². The molecule has 0 N–H and O–H groups in total. The zero-order chi connectivity index (χ0) is 24.3. The first-order chi connectivity index (χ1) is 14.7. The van der Waals surface area contributed by atoms with E-state index in [-0.39, 0.29) is 28.8 Å².